The van der Waals surface area contributed by atoms with Crippen molar-refractivity contribution in [2.45, 2.75) is 38.5 Å². The van der Waals surface area contributed by atoms with Gasteiger partial charge < -0.3 is 15.2 Å². The molecular formula is C20H20N2O6. The monoisotopic (exact) mass is 384 g/mol. The van der Waals surface area contributed by atoms with Crippen molar-refractivity contribution in [2.75, 3.05) is 0 Å². The summed E-state index contributed by atoms with van der Waals surface area (Å²) in [4.78, 5) is 35.1. The molecule has 1 heterocycles. The number of Topliss-reactive ketones (excluding diaryl/α,β-unsaturated/α-hetero) is 1. The van der Waals surface area contributed by atoms with Gasteiger partial charge in [0.2, 0.25) is 0 Å². The number of hydrogen-bond acceptors (Lipinski definition) is 6. The van der Waals surface area contributed by atoms with Gasteiger partial charge in [0.05, 0.1) is 11.0 Å². The van der Waals surface area contributed by atoms with Gasteiger partial charge in [-0.2, -0.15) is 0 Å². The first-order valence-electron chi connectivity index (χ1n) is 8.68. The third kappa shape index (κ3) is 3.46. The molecule has 28 heavy (non-hydrogen) atoms. The van der Waals surface area contributed by atoms with Crippen LogP contribution < -0.4 is 10.1 Å². The number of nitro benzene ring substituents is 1. The zero-order valence-electron chi connectivity index (χ0n) is 15.6. The predicted molar refractivity (Wildman–Crippen MR) is 100 cm³/mol. The van der Waals surface area contributed by atoms with E-state index in [0.717, 1.165) is 0 Å². The molecule has 8 heteroatoms. The number of carbonyl (C=O) groups is 2. The van der Waals surface area contributed by atoms with Crippen molar-refractivity contribution >= 4 is 17.4 Å². The highest BCUT2D eigenvalue weighted by atomic mass is 16.6. The lowest BCUT2D eigenvalue weighted by Gasteiger charge is -2.42. The standard InChI is InChI=1S/C20H20N2O6/c1-11(23)12-8-9-16-14(10-12)17(18(24)20(2,3)28-16)21-19(25)13-6-4-5-7-15(13)22(26)27/h4-10,17-18,24H,1-3H3,(H,21,25)/t17-,18+/m1/s1. The first-order valence-corrected chi connectivity index (χ1v) is 8.68. The quantitative estimate of drug-likeness (QED) is 0.475. The lowest BCUT2D eigenvalue weighted by atomic mass is 9.85. The highest BCUT2D eigenvalue weighted by Crippen LogP contribution is 2.40. The Bertz CT molecular complexity index is 969. The molecule has 146 valence electrons. The van der Waals surface area contributed by atoms with Crippen LogP contribution in [0.4, 0.5) is 5.69 Å². The minimum Gasteiger partial charge on any atom is -0.485 e. The van der Waals surface area contributed by atoms with Crippen molar-refractivity contribution in [3.8, 4) is 5.75 Å². The van der Waals surface area contributed by atoms with Crippen molar-refractivity contribution in [1.82, 2.24) is 5.32 Å². The fourth-order valence-corrected chi connectivity index (χ4v) is 3.22. The minimum absolute atomic E-state index is 0.117. The van der Waals surface area contributed by atoms with Crippen LogP contribution in [0.1, 0.15) is 53.1 Å². The van der Waals surface area contributed by atoms with E-state index in [1.807, 2.05) is 0 Å². The molecule has 0 unspecified atom stereocenters. The molecular weight excluding hydrogens is 364 g/mol. The molecule has 0 aliphatic carbocycles. The molecule has 0 radical (unpaired) electrons. The van der Waals surface area contributed by atoms with Gasteiger partial charge in [0.25, 0.3) is 11.6 Å². The Morgan fingerprint density at radius 2 is 1.89 bits per heavy atom. The van der Waals surface area contributed by atoms with Gasteiger partial charge in [0.1, 0.15) is 23.0 Å². The molecule has 0 spiro atoms. The summed E-state index contributed by atoms with van der Waals surface area (Å²) < 4.78 is 5.82. The smallest absolute Gasteiger partial charge is 0.282 e. The Labute approximate surface area is 161 Å². The average Bonchev–Trinajstić information content (AvgIpc) is 2.64. The molecule has 0 saturated heterocycles. The maximum atomic E-state index is 12.8. The van der Waals surface area contributed by atoms with Crippen molar-refractivity contribution in [3.05, 3.63) is 69.3 Å². The molecule has 0 bridgehead atoms. The third-order valence-corrected chi connectivity index (χ3v) is 4.78. The summed E-state index contributed by atoms with van der Waals surface area (Å²) in [7, 11) is 0. The average molecular weight is 384 g/mol. The Hall–Kier alpha value is -3.26. The van der Waals surface area contributed by atoms with Gasteiger partial charge in [-0.05, 0) is 45.0 Å². The molecule has 2 N–H and O–H groups in total. The van der Waals surface area contributed by atoms with Crippen LogP contribution in [0.3, 0.4) is 0 Å². The van der Waals surface area contributed by atoms with E-state index in [4.69, 9.17) is 4.74 Å². The van der Waals surface area contributed by atoms with E-state index < -0.39 is 28.6 Å². The van der Waals surface area contributed by atoms with E-state index in [9.17, 15) is 24.8 Å². The number of ether oxygens (including phenoxy) is 1. The maximum absolute atomic E-state index is 12.8. The topological polar surface area (TPSA) is 119 Å². The number of benzene rings is 2. The van der Waals surface area contributed by atoms with Crippen molar-refractivity contribution in [2.24, 2.45) is 0 Å². The number of nitrogens with zero attached hydrogens (tertiary/aromatic N) is 1. The number of aliphatic hydroxyl groups excluding tert-OH is 1. The number of ketones is 1. The second-order valence-electron chi connectivity index (χ2n) is 7.18. The van der Waals surface area contributed by atoms with Gasteiger partial charge in [-0.3, -0.25) is 19.7 Å². The van der Waals surface area contributed by atoms with E-state index >= 15 is 0 Å². The third-order valence-electron chi connectivity index (χ3n) is 4.78. The van der Waals surface area contributed by atoms with Gasteiger partial charge in [0, 0.05) is 17.2 Å². The van der Waals surface area contributed by atoms with Crippen LogP contribution in [0.2, 0.25) is 0 Å². The van der Waals surface area contributed by atoms with Crippen LogP contribution in [0.15, 0.2) is 42.5 Å². The van der Waals surface area contributed by atoms with Gasteiger partial charge in [-0.1, -0.05) is 12.1 Å². The lowest BCUT2D eigenvalue weighted by molar-refractivity contribution is -0.385. The zero-order valence-corrected chi connectivity index (χ0v) is 15.6. The van der Waals surface area contributed by atoms with Gasteiger partial charge in [-0.15, -0.1) is 0 Å². The number of amides is 1. The summed E-state index contributed by atoms with van der Waals surface area (Å²) in [5, 5.41) is 24.7. The fourth-order valence-electron chi connectivity index (χ4n) is 3.22. The minimum atomic E-state index is -1.14. The van der Waals surface area contributed by atoms with E-state index in [2.05, 4.69) is 5.32 Å². The highest BCUT2D eigenvalue weighted by Gasteiger charge is 2.44. The predicted octanol–water partition coefficient (Wildman–Crippen LogP) is 2.80. The molecule has 1 aliphatic heterocycles. The van der Waals surface area contributed by atoms with Crippen LogP contribution in [-0.2, 0) is 0 Å². The second kappa shape index (κ2) is 7.05. The number of carbonyl (C=O) groups excluding carboxylic acids is 2. The number of nitro groups is 1. The van der Waals surface area contributed by atoms with Crippen LogP contribution in [-0.4, -0.2) is 33.4 Å². The Morgan fingerprint density at radius 1 is 1.21 bits per heavy atom. The first kappa shape index (κ1) is 19.5. The van der Waals surface area contributed by atoms with Gasteiger partial charge in [0.15, 0.2) is 5.78 Å². The largest absolute Gasteiger partial charge is 0.485 e. The molecule has 0 fully saturated rings. The van der Waals surface area contributed by atoms with Crippen LogP contribution >= 0.6 is 0 Å². The first-order chi connectivity index (χ1) is 13.1. The Morgan fingerprint density at radius 3 is 2.54 bits per heavy atom. The molecule has 8 nitrogen and oxygen atoms in total. The van der Waals surface area contributed by atoms with Crippen LogP contribution in [0.5, 0.6) is 5.75 Å². The molecule has 0 aromatic heterocycles. The van der Waals surface area contributed by atoms with Crippen LogP contribution in [0.25, 0.3) is 0 Å². The molecule has 2 atom stereocenters. The summed E-state index contributed by atoms with van der Waals surface area (Å²) in [5.41, 5.74) is -0.636. The number of rotatable bonds is 4. The summed E-state index contributed by atoms with van der Waals surface area (Å²) >= 11 is 0. The molecule has 1 amide bonds. The number of aliphatic hydroxyl groups is 1. The zero-order chi connectivity index (χ0) is 20.6. The van der Waals surface area contributed by atoms with E-state index in [1.165, 1.54) is 31.2 Å². The summed E-state index contributed by atoms with van der Waals surface area (Å²) in [6.45, 7) is 4.75. The van der Waals surface area contributed by atoms with Crippen molar-refractivity contribution in [3.63, 3.8) is 0 Å². The van der Waals surface area contributed by atoms with E-state index in [-0.39, 0.29) is 17.0 Å². The maximum Gasteiger partial charge on any atom is 0.282 e. The normalized spacial score (nSPS) is 19.9. The SMILES string of the molecule is CC(=O)c1ccc2c(c1)[C@@H](NC(=O)c1ccccc1[N+](=O)[O-])[C@H](O)C(C)(C)O2. The van der Waals surface area contributed by atoms with Crippen LogP contribution in [0, 0.1) is 10.1 Å². The molecule has 2 aromatic rings. The molecule has 3 rings (SSSR count). The van der Waals surface area contributed by atoms with Gasteiger partial charge in [-0.25, -0.2) is 0 Å². The highest BCUT2D eigenvalue weighted by molar-refractivity contribution is 5.98. The number of fused-ring (bicyclic) bond motifs is 1. The lowest BCUT2D eigenvalue weighted by Crippen LogP contribution is -2.53. The fraction of sp³-hybridized carbons (Fsp3) is 0.300. The van der Waals surface area contributed by atoms with Crippen molar-refractivity contribution < 1.29 is 24.4 Å². The van der Waals surface area contributed by atoms with Crippen molar-refractivity contribution in [1.29, 1.82) is 0 Å². The number of nitrogens with one attached hydrogen (secondary N) is 1. The number of hydrogen-bond donors (Lipinski definition) is 2. The summed E-state index contributed by atoms with van der Waals surface area (Å²) in [6.07, 6.45) is -1.14. The molecule has 0 saturated carbocycles. The number of para-hydroxylation sites is 1. The molecule has 2 aromatic carbocycles. The summed E-state index contributed by atoms with van der Waals surface area (Å²) in [5.74, 6) is -0.452. The second-order valence-corrected chi connectivity index (χ2v) is 7.18. The van der Waals surface area contributed by atoms with E-state index in [0.29, 0.717) is 16.9 Å². The molecule has 1 aliphatic rings. The summed E-state index contributed by atoms with van der Waals surface area (Å²) in [6, 6.07) is 9.44. The van der Waals surface area contributed by atoms with E-state index in [1.54, 1.807) is 32.0 Å². The van der Waals surface area contributed by atoms with Gasteiger partial charge >= 0.3 is 0 Å². The Kier molecular flexibility index (Phi) is 4.91. The Balaban J connectivity index is 2.03.